The standard InChI is InChI=1S/C16H15BrN2OS/c1-10(18)12-7-6-11(17)8-14(12)20-9-16-19-13-4-2-3-5-15(13)21-16/h2-8,10H,9,18H2,1H3/t10-/m1/s1. The van der Waals surface area contributed by atoms with Gasteiger partial charge in [0.1, 0.15) is 17.4 Å². The molecule has 108 valence electrons. The van der Waals surface area contributed by atoms with E-state index in [9.17, 15) is 0 Å². The lowest BCUT2D eigenvalue weighted by atomic mass is 10.1. The number of benzene rings is 2. The quantitative estimate of drug-likeness (QED) is 0.734. The Hall–Kier alpha value is -1.43. The molecular weight excluding hydrogens is 348 g/mol. The third kappa shape index (κ3) is 3.26. The molecule has 3 aromatic rings. The zero-order chi connectivity index (χ0) is 14.8. The first-order valence-electron chi connectivity index (χ1n) is 6.66. The van der Waals surface area contributed by atoms with Crippen LogP contribution in [0, 0.1) is 0 Å². The van der Waals surface area contributed by atoms with Gasteiger partial charge < -0.3 is 10.5 Å². The second-order valence-electron chi connectivity index (χ2n) is 4.83. The summed E-state index contributed by atoms with van der Waals surface area (Å²) in [5.74, 6) is 0.804. The van der Waals surface area contributed by atoms with Crippen molar-refractivity contribution in [3.8, 4) is 5.75 Å². The summed E-state index contributed by atoms with van der Waals surface area (Å²) in [7, 11) is 0. The summed E-state index contributed by atoms with van der Waals surface area (Å²) in [5, 5.41) is 0.965. The molecule has 5 heteroatoms. The lowest BCUT2D eigenvalue weighted by Crippen LogP contribution is -2.08. The van der Waals surface area contributed by atoms with Crippen LogP contribution >= 0.6 is 27.3 Å². The Morgan fingerprint density at radius 1 is 1.29 bits per heavy atom. The molecular formula is C16H15BrN2OS. The number of hydrogen-bond donors (Lipinski definition) is 1. The fourth-order valence-electron chi connectivity index (χ4n) is 2.13. The molecule has 2 N–H and O–H groups in total. The Morgan fingerprint density at radius 3 is 2.86 bits per heavy atom. The topological polar surface area (TPSA) is 48.1 Å². The number of nitrogens with zero attached hydrogens (tertiary/aromatic N) is 1. The maximum atomic E-state index is 5.99. The Kier molecular flexibility index (Phi) is 4.24. The van der Waals surface area contributed by atoms with Crippen molar-refractivity contribution in [2.45, 2.75) is 19.6 Å². The minimum absolute atomic E-state index is 0.0662. The number of para-hydroxylation sites is 1. The highest BCUT2D eigenvalue weighted by Gasteiger charge is 2.10. The molecule has 0 saturated heterocycles. The summed E-state index contributed by atoms with van der Waals surface area (Å²) >= 11 is 5.12. The van der Waals surface area contributed by atoms with Gasteiger partial charge in [0.15, 0.2) is 0 Å². The largest absolute Gasteiger partial charge is 0.486 e. The van der Waals surface area contributed by atoms with E-state index in [4.69, 9.17) is 10.5 Å². The molecule has 0 unspecified atom stereocenters. The molecule has 21 heavy (non-hydrogen) atoms. The summed E-state index contributed by atoms with van der Waals surface area (Å²) in [4.78, 5) is 4.58. The average molecular weight is 363 g/mol. The number of nitrogens with two attached hydrogens (primary N) is 1. The minimum Gasteiger partial charge on any atom is -0.486 e. The van der Waals surface area contributed by atoms with Crippen LogP contribution in [0.1, 0.15) is 23.5 Å². The first kappa shape index (κ1) is 14.5. The van der Waals surface area contributed by atoms with Crippen LogP contribution in [0.15, 0.2) is 46.9 Å². The van der Waals surface area contributed by atoms with Gasteiger partial charge in [-0.05, 0) is 31.2 Å². The molecule has 3 nitrogen and oxygen atoms in total. The summed E-state index contributed by atoms with van der Waals surface area (Å²) in [6.07, 6.45) is 0. The molecule has 1 aromatic heterocycles. The Morgan fingerprint density at radius 2 is 2.10 bits per heavy atom. The van der Waals surface area contributed by atoms with E-state index in [1.807, 2.05) is 43.3 Å². The Balaban J connectivity index is 1.82. The molecule has 0 aliphatic heterocycles. The van der Waals surface area contributed by atoms with Crippen LogP contribution in [0.2, 0.25) is 0 Å². The Labute approximate surface area is 135 Å². The number of ether oxygens (including phenoxy) is 1. The van der Waals surface area contributed by atoms with Crippen LogP contribution in [0.5, 0.6) is 5.75 Å². The molecule has 0 bridgehead atoms. The molecule has 1 atom stereocenters. The number of halogens is 1. The summed E-state index contributed by atoms with van der Waals surface area (Å²) < 4.78 is 8.09. The zero-order valence-electron chi connectivity index (χ0n) is 11.5. The lowest BCUT2D eigenvalue weighted by molar-refractivity contribution is 0.301. The van der Waals surface area contributed by atoms with Crippen molar-refractivity contribution in [3.63, 3.8) is 0 Å². The van der Waals surface area contributed by atoms with Gasteiger partial charge in [-0.1, -0.05) is 34.1 Å². The highest BCUT2D eigenvalue weighted by molar-refractivity contribution is 9.10. The van der Waals surface area contributed by atoms with E-state index in [1.165, 1.54) is 4.70 Å². The first-order chi connectivity index (χ1) is 10.1. The Bertz CT molecular complexity index is 737. The highest BCUT2D eigenvalue weighted by Crippen LogP contribution is 2.29. The van der Waals surface area contributed by atoms with Gasteiger partial charge in [-0.25, -0.2) is 4.98 Å². The number of rotatable bonds is 4. The van der Waals surface area contributed by atoms with Gasteiger partial charge in [-0.3, -0.25) is 0 Å². The van der Waals surface area contributed by atoms with Crippen molar-refractivity contribution < 1.29 is 4.74 Å². The summed E-state index contributed by atoms with van der Waals surface area (Å²) in [6.45, 7) is 2.41. The maximum absolute atomic E-state index is 5.99. The first-order valence-corrected chi connectivity index (χ1v) is 8.27. The van der Waals surface area contributed by atoms with Crippen molar-refractivity contribution in [3.05, 3.63) is 57.5 Å². The fourth-order valence-corrected chi connectivity index (χ4v) is 3.35. The molecule has 0 aliphatic carbocycles. The molecule has 0 radical (unpaired) electrons. The van der Waals surface area contributed by atoms with E-state index >= 15 is 0 Å². The minimum atomic E-state index is -0.0662. The zero-order valence-corrected chi connectivity index (χ0v) is 13.9. The maximum Gasteiger partial charge on any atom is 0.140 e. The lowest BCUT2D eigenvalue weighted by Gasteiger charge is -2.13. The third-order valence-corrected chi connectivity index (χ3v) is 4.66. The summed E-state index contributed by atoms with van der Waals surface area (Å²) in [5.41, 5.74) is 8.00. The van der Waals surface area contributed by atoms with Gasteiger partial charge in [0.05, 0.1) is 10.2 Å². The van der Waals surface area contributed by atoms with Gasteiger partial charge >= 0.3 is 0 Å². The normalized spacial score (nSPS) is 12.5. The van der Waals surface area contributed by atoms with Crippen molar-refractivity contribution >= 4 is 37.5 Å². The summed E-state index contributed by atoms with van der Waals surface area (Å²) in [6, 6.07) is 14.0. The van der Waals surface area contributed by atoms with Crippen molar-refractivity contribution in [2.75, 3.05) is 0 Å². The van der Waals surface area contributed by atoms with E-state index in [0.717, 1.165) is 26.3 Å². The molecule has 0 spiro atoms. The van der Waals surface area contributed by atoms with Crippen LogP contribution in [0.25, 0.3) is 10.2 Å². The van der Waals surface area contributed by atoms with E-state index in [0.29, 0.717) is 6.61 Å². The molecule has 3 rings (SSSR count). The smallest absolute Gasteiger partial charge is 0.140 e. The predicted molar refractivity (Wildman–Crippen MR) is 90.7 cm³/mol. The van der Waals surface area contributed by atoms with E-state index in [1.54, 1.807) is 11.3 Å². The molecule has 0 aliphatic rings. The fraction of sp³-hybridized carbons (Fsp3) is 0.188. The third-order valence-electron chi connectivity index (χ3n) is 3.16. The van der Waals surface area contributed by atoms with Crippen LogP contribution in [0.3, 0.4) is 0 Å². The molecule has 0 amide bonds. The monoisotopic (exact) mass is 362 g/mol. The molecule has 1 heterocycles. The molecule has 2 aromatic carbocycles. The number of aromatic nitrogens is 1. The van der Waals surface area contributed by atoms with Crippen molar-refractivity contribution in [1.82, 2.24) is 4.98 Å². The van der Waals surface area contributed by atoms with Crippen LogP contribution in [-0.2, 0) is 6.61 Å². The molecule has 0 fully saturated rings. The van der Waals surface area contributed by atoms with E-state index in [-0.39, 0.29) is 6.04 Å². The van der Waals surface area contributed by atoms with Gasteiger partial charge in [0, 0.05) is 16.1 Å². The molecule has 0 saturated carbocycles. The average Bonchev–Trinajstić information content (AvgIpc) is 2.87. The second-order valence-corrected chi connectivity index (χ2v) is 6.87. The second kappa shape index (κ2) is 6.13. The van der Waals surface area contributed by atoms with Crippen molar-refractivity contribution in [1.29, 1.82) is 0 Å². The van der Waals surface area contributed by atoms with Crippen LogP contribution in [0.4, 0.5) is 0 Å². The SMILES string of the molecule is C[C@@H](N)c1ccc(Br)cc1OCc1nc2ccccc2s1. The number of fused-ring (bicyclic) bond motifs is 1. The highest BCUT2D eigenvalue weighted by atomic mass is 79.9. The number of thiazole rings is 1. The van der Waals surface area contributed by atoms with Crippen LogP contribution in [-0.4, -0.2) is 4.98 Å². The van der Waals surface area contributed by atoms with Gasteiger partial charge in [-0.15, -0.1) is 11.3 Å². The van der Waals surface area contributed by atoms with Gasteiger partial charge in [-0.2, -0.15) is 0 Å². The van der Waals surface area contributed by atoms with Gasteiger partial charge in [0.2, 0.25) is 0 Å². The van der Waals surface area contributed by atoms with Crippen LogP contribution < -0.4 is 10.5 Å². The van der Waals surface area contributed by atoms with Gasteiger partial charge in [0.25, 0.3) is 0 Å². The van der Waals surface area contributed by atoms with E-state index in [2.05, 4.69) is 27.0 Å². The number of hydrogen-bond acceptors (Lipinski definition) is 4. The van der Waals surface area contributed by atoms with Crippen molar-refractivity contribution in [2.24, 2.45) is 5.73 Å². The predicted octanol–water partition coefficient (Wildman–Crippen LogP) is 4.66. The van der Waals surface area contributed by atoms with E-state index < -0.39 is 0 Å².